The SMILES string of the molecule is O=C(O)C(N=C(c1ccccc1)c1ccccc1)c1nccc(C(F)(F)F)n1. The summed E-state index contributed by atoms with van der Waals surface area (Å²) in [5, 5.41) is 9.59. The first-order valence-electron chi connectivity index (χ1n) is 8.18. The predicted molar refractivity (Wildman–Crippen MR) is 95.9 cm³/mol. The quantitative estimate of drug-likeness (QED) is 0.669. The summed E-state index contributed by atoms with van der Waals surface area (Å²) < 4.78 is 38.9. The number of aliphatic carboxylic acids is 1. The van der Waals surface area contributed by atoms with E-state index in [-0.39, 0.29) is 0 Å². The van der Waals surface area contributed by atoms with Crippen molar-refractivity contribution in [2.45, 2.75) is 12.2 Å². The first-order chi connectivity index (χ1) is 13.4. The van der Waals surface area contributed by atoms with Crippen molar-refractivity contribution in [3.05, 3.63) is 95.6 Å². The lowest BCUT2D eigenvalue weighted by Crippen LogP contribution is -2.18. The number of carbonyl (C=O) groups is 1. The van der Waals surface area contributed by atoms with E-state index < -0.39 is 29.7 Å². The van der Waals surface area contributed by atoms with Gasteiger partial charge in [0.05, 0.1) is 5.71 Å². The van der Waals surface area contributed by atoms with Crippen LogP contribution in [0.25, 0.3) is 0 Å². The fraction of sp³-hybridized carbons (Fsp3) is 0.100. The van der Waals surface area contributed by atoms with E-state index in [4.69, 9.17) is 0 Å². The summed E-state index contributed by atoms with van der Waals surface area (Å²) in [6.07, 6.45) is -3.84. The number of nitrogens with zero attached hydrogens (tertiary/aromatic N) is 3. The van der Waals surface area contributed by atoms with Gasteiger partial charge in [-0.25, -0.2) is 14.8 Å². The maximum Gasteiger partial charge on any atom is 0.433 e. The normalized spacial score (nSPS) is 12.2. The van der Waals surface area contributed by atoms with Gasteiger partial charge in [0.1, 0.15) is 5.69 Å². The maximum atomic E-state index is 13.0. The third kappa shape index (κ3) is 4.40. The number of aromatic nitrogens is 2. The van der Waals surface area contributed by atoms with Crippen LogP contribution in [0.2, 0.25) is 0 Å². The summed E-state index contributed by atoms with van der Waals surface area (Å²) in [4.78, 5) is 23.1. The first kappa shape index (κ1) is 19.2. The predicted octanol–water partition coefficient (Wildman–Crippen LogP) is 4.16. The minimum absolute atomic E-state index is 0.314. The van der Waals surface area contributed by atoms with Crippen LogP contribution in [0.4, 0.5) is 13.2 Å². The Morgan fingerprint density at radius 2 is 1.46 bits per heavy atom. The van der Waals surface area contributed by atoms with Crippen molar-refractivity contribution < 1.29 is 23.1 Å². The molecule has 3 aromatic rings. The van der Waals surface area contributed by atoms with Gasteiger partial charge < -0.3 is 5.11 Å². The maximum absolute atomic E-state index is 13.0. The number of carboxylic acids is 1. The third-order valence-corrected chi connectivity index (χ3v) is 3.80. The Bertz CT molecular complexity index is 949. The molecule has 0 fully saturated rings. The number of alkyl halides is 3. The Hall–Kier alpha value is -3.55. The lowest BCUT2D eigenvalue weighted by Gasteiger charge is -2.13. The van der Waals surface area contributed by atoms with Crippen LogP contribution in [0.1, 0.15) is 28.7 Å². The molecule has 0 amide bonds. The van der Waals surface area contributed by atoms with E-state index in [1.54, 1.807) is 60.7 Å². The van der Waals surface area contributed by atoms with Gasteiger partial charge in [-0.15, -0.1) is 0 Å². The highest BCUT2D eigenvalue weighted by Gasteiger charge is 2.34. The zero-order valence-electron chi connectivity index (χ0n) is 14.3. The summed E-state index contributed by atoms with van der Waals surface area (Å²) in [6.45, 7) is 0. The van der Waals surface area contributed by atoms with Gasteiger partial charge in [-0.1, -0.05) is 60.7 Å². The molecule has 0 bridgehead atoms. The molecule has 2 aromatic carbocycles. The molecule has 3 rings (SSSR count). The van der Waals surface area contributed by atoms with Crippen LogP contribution in [0.5, 0.6) is 0 Å². The monoisotopic (exact) mass is 385 g/mol. The largest absolute Gasteiger partial charge is 0.479 e. The van der Waals surface area contributed by atoms with E-state index in [1.165, 1.54) is 0 Å². The molecule has 1 heterocycles. The van der Waals surface area contributed by atoms with Gasteiger partial charge in [-0.3, -0.25) is 4.99 Å². The third-order valence-electron chi connectivity index (χ3n) is 3.80. The van der Waals surface area contributed by atoms with E-state index in [2.05, 4.69) is 15.0 Å². The highest BCUT2D eigenvalue weighted by molar-refractivity contribution is 6.13. The topological polar surface area (TPSA) is 75.4 Å². The second-order valence-electron chi connectivity index (χ2n) is 5.75. The van der Waals surface area contributed by atoms with Gasteiger partial charge in [-0.05, 0) is 6.07 Å². The average Bonchev–Trinajstić information content (AvgIpc) is 2.69. The van der Waals surface area contributed by atoms with Crippen LogP contribution < -0.4 is 0 Å². The van der Waals surface area contributed by atoms with Crippen LogP contribution in [-0.4, -0.2) is 26.8 Å². The van der Waals surface area contributed by atoms with Crippen molar-refractivity contribution in [1.29, 1.82) is 0 Å². The number of aliphatic imine (C=N–C) groups is 1. The highest BCUT2D eigenvalue weighted by atomic mass is 19.4. The average molecular weight is 385 g/mol. The summed E-state index contributed by atoms with van der Waals surface area (Å²) in [5.41, 5.74) is 0.327. The molecular formula is C20H14F3N3O2. The molecule has 0 saturated heterocycles. The number of benzene rings is 2. The van der Waals surface area contributed by atoms with Gasteiger partial charge >= 0.3 is 12.1 Å². The van der Waals surface area contributed by atoms with E-state index in [1.807, 2.05) is 0 Å². The molecular weight excluding hydrogens is 371 g/mol. The van der Waals surface area contributed by atoms with Gasteiger partial charge in [0.2, 0.25) is 6.04 Å². The van der Waals surface area contributed by atoms with Crippen LogP contribution in [-0.2, 0) is 11.0 Å². The van der Waals surface area contributed by atoms with Crippen molar-refractivity contribution in [2.24, 2.45) is 4.99 Å². The molecule has 0 aliphatic carbocycles. The van der Waals surface area contributed by atoms with E-state index in [0.717, 1.165) is 6.20 Å². The molecule has 8 heteroatoms. The minimum Gasteiger partial charge on any atom is -0.479 e. The van der Waals surface area contributed by atoms with Gasteiger partial charge in [-0.2, -0.15) is 13.2 Å². The first-order valence-corrected chi connectivity index (χ1v) is 8.18. The number of carboxylic acid groups (broad SMARTS) is 1. The molecule has 0 spiro atoms. The van der Waals surface area contributed by atoms with E-state index >= 15 is 0 Å². The van der Waals surface area contributed by atoms with Crippen molar-refractivity contribution in [3.8, 4) is 0 Å². The molecule has 0 aliphatic rings. The lowest BCUT2D eigenvalue weighted by molar-refractivity contribution is -0.143. The molecule has 0 radical (unpaired) electrons. The molecule has 1 unspecified atom stereocenters. The second-order valence-corrected chi connectivity index (χ2v) is 5.75. The summed E-state index contributed by atoms with van der Waals surface area (Å²) in [6, 6.07) is 16.5. The Morgan fingerprint density at radius 3 is 1.93 bits per heavy atom. The molecule has 28 heavy (non-hydrogen) atoms. The minimum atomic E-state index is -4.72. The number of hydrogen-bond donors (Lipinski definition) is 1. The zero-order valence-corrected chi connectivity index (χ0v) is 14.3. The zero-order chi connectivity index (χ0) is 20.1. The summed E-state index contributed by atoms with van der Waals surface area (Å²) >= 11 is 0. The van der Waals surface area contributed by atoms with Crippen molar-refractivity contribution in [1.82, 2.24) is 9.97 Å². The van der Waals surface area contributed by atoms with Gasteiger partial charge in [0.15, 0.2) is 5.82 Å². The fourth-order valence-electron chi connectivity index (χ4n) is 2.52. The van der Waals surface area contributed by atoms with Crippen molar-refractivity contribution >= 4 is 11.7 Å². The molecule has 1 aromatic heterocycles. The molecule has 142 valence electrons. The van der Waals surface area contributed by atoms with E-state index in [9.17, 15) is 23.1 Å². The highest BCUT2D eigenvalue weighted by Crippen LogP contribution is 2.28. The smallest absolute Gasteiger partial charge is 0.433 e. The van der Waals surface area contributed by atoms with Crippen LogP contribution in [0.3, 0.4) is 0 Å². The molecule has 0 saturated carbocycles. The van der Waals surface area contributed by atoms with Crippen LogP contribution in [0, 0.1) is 0 Å². The fourth-order valence-corrected chi connectivity index (χ4v) is 2.52. The number of hydrogen-bond acceptors (Lipinski definition) is 4. The van der Waals surface area contributed by atoms with Crippen molar-refractivity contribution in [2.75, 3.05) is 0 Å². The number of halogens is 3. The van der Waals surface area contributed by atoms with Crippen LogP contribution in [0.15, 0.2) is 77.9 Å². The van der Waals surface area contributed by atoms with E-state index in [0.29, 0.717) is 22.9 Å². The van der Waals surface area contributed by atoms with Crippen molar-refractivity contribution in [3.63, 3.8) is 0 Å². The summed E-state index contributed by atoms with van der Waals surface area (Å²) in [5.74, 6) is -1.99. The lowest BCUT2D eigenvalue weighted by atomic mass is 10.0. The van der Waals surface area contributed by atoms with Gasteiger partial charge in [0, 0.05) is 17.3 Å². The Morgan fingerprint density at radius 1 is 0.929 bits per heavy atom. The summed E-state index contributed by atoms with van der Waals surface area (Å²) in [7, 11) is 0. The Labute approximate surface area is 158 Å². The standard InChI is InChI=1S/C20H14F3N3O2/c21-20(22,23)15-11-12-24-18(25-15)17(19(27)28)26-16(13-7-3-1-4-8-13)14-9-5-2-6-10-14/h1-12,17H,(H,27,28). The molecule has 1 atom stereocenters. The number of rotatable bonds is 5. The molecule has 5 nitrogen and oxygen atoms in total. The second kappa shape index (κ2) is 7.99. The molecule has 0 aliphatic heterocycles. The Balaban J connectivity index is 2.14. The van der Waals surface area contributed by atoms with Gasteiger partial charge in [0.25, 0.3) is 0 Å². The molecule has 1 N–H and O–H groups in total. The Kier molecular flexibility index (Phi) is 5.49. The van der Waals surface area contributed by atoms with Crippen LogP contribution >= 0.6 is 0 Å².